The van der Waals surface area contributed by atoms with Crippen LogP contribution < -0.4 is 0 Å². The van der Waals surface area contributed by atoms with Crippen LogP contribution in [0.15, 0.2) is 18.5 Å². The maximum atomic E-state index is 10.8. The molecule has 76 valence electrons. The average molecular weight is 194 g/mol. The number of hydrogen-bond donors (Lipinski definition) is 0. The van der Waals surface area contributed by atoms with Crippen LogP contribution in [0.5, 0.6) is 0 Å². The van der Waals surface area contributed by atoms with Crippen molar-refractivity contribution in [1.29, 1.82) is 0 Å². The molecular formula is C10H14N2O2. The first-order valence-corrected chi connectivity index (χ1v) is 4.52. The van der Waals surface area contributed by atoms with Gasteiger partial charge in [0, 0.05) is 18.3 Å². The fourth-order valence-electron chi connectivity index (χ4n) is 1.01. The minimum atomic E-state index is -0.232. The molecular weight excluding hydrogens is 180 g/mol. The summed E-state index contributed by atoms with van der Waals surface area (Å²) in [6, 6.07) is 0. The standard InChI is InChI=1S/C10H14N2O2/c1-3-12-8-9(7-11-12)5-4-6-10(13)14-2/h4-5,7-8H,3,6H2,1-2H3. The largest absolute Gasteiger partial charge is 0.469 e. The molecule has 14 heavy (non-hydrogen) atoms. The van der Waals surface area contributed by atoms with Gasteiger partial charge in [-0.1, -0.05) is 12.2 Å². The Morgan fingerprint density at radius 1 is 1.71 bits per heavy atom. The predicted molar refractivity (Wildman–Crippen MR) is 53.6 cm³/mol. The fraction of sp³-hybridized carbons (Fsp3) is 0.400. The zero-order valence-electron chi connectivity index (χ0n) is 8.43. The quantitative estimate of drug-likeness (QED) is 0.682. The molecule has 0 atom stereocenters. The highest BCUT2D eigenvalue weighted by Gasteiger charge is 1.95. The van der Waals surface area contributed by atoms with Crippen LogP contribution in [0, 0.1) is 0 Å². The number of carbonyl (C=O) groups excluding carboxylic acids is 1. The summed E-state index contributed by atoms with van der Waals surface area (Å²) >= 11 is 0. The minimum Gasteiger partial charge on any atom is -0.469 e. The summed E-state index contributed by atoms with van der Waals surface area (Å²) in [5, 5.41) is 4.10. The van der Waals surface area contributed by atoms with Gasteiger partial charge < -0.3 is 4.74 Å². The third-order valence-electron chi connectivity index (χ3n) is 1.80. The van der Waals surface area contributed by atoms with Gasteiger partial charge in [0.25, 0.3) is 0 Å². The number of nitrogens with zero attached hydrogens (tertiary/aromatic N) is 2. The van der Waals surface area contributed by atoms with Gasteiger partial charge in [0.2, 0.25) is 0 Å². The van der Waals surface area contributed by atoms with E-state index in [9.17, 15) is 4.79 Å². The molecule has 4 nitrogen and oxygen atoms in total. The van der Waals surface area contributed by atoms with Crippen molar-refractivity contribution >= 4 is 12.0 Å². The molecule has 1 rings (SSSR count). The smallest absolute Gasteiger partial charge is 0.309 e. The molecule has 0 saturated carbocycles. The number of carbonyl (C=O) groups is 1. The van der Waals surface area contributed by atoms with Gasteiger partial charge in [-0.2, -0.15) is 5.10 Å². The van der Waals surface area contributed by atoms with Crippen LogP contribution >= 0.6 is 0 Å². The average Bonchev–Trinajstić information content (AvgIpc) is 2.65. The molecule has 0 radical (unpaired) electrons. The van der Waals surface area contributed by atoms with Crippen LogP contribution in [0.4, 0.5) is 0 Å². The molecule has 0 unspecified atom stereocenters. The van der Waals surface area contributed by atoms with E-state index in [1.54, 1.807) is 12.3 Å². The molecule has 0 aliphatic heterocycles. The van der Waals surface area contributed by atoms with Crippen LogP contribution in [0.25, 0.3) is 6.08 Å². The van der Waals surface area contributed by atoms with E-state index < -0.39 is 0 Å². The van der Waals surface area contributed by atoms with Gasteiger partial charge in [-0.3, -0.25) is 9.48 Å². The number of aromatic nitrogens is 2. The number of aryl methyl sites for hydroxylation is 1. The van der Waals surface area contributed by atoms with Gasteiger partial charge in [0.05, 0.1) is 19.7 Å². The number of hydrogen-bond acceptors (Lipinski definition) is 3. The zero-order chi connectivity index (χ0) is 10.4. The lowest BCUT2D eigenvalue weighted by Gasteiger charge is -1.91. The summed E-state index contributed by atoms with van der Waals surface area (Å²) in [5.41, 5.74) is 0.996. The second-order valence-electron chi connectivity index (χ2n) is 2.81. The Morgan fingerprint density at radius 2 is 2.50 bits per heavy atom. The minimum absolute atomic E-state index is 0.232. The molecule has 4 heteroatoms. The molecule has 0 aromatic carbocycles. The molecule has 0 amide bonds. The van der Waals surface area contributed by atoms with Crippen LogP contribution in [0.3, 0.4) is 0 Å². The van der Waals surface area contributed by atoms with Gasteiger partial charge in [0.15, 0.2) is 0 Å². The van der Waals surface area contributed by atoms with E-state index in [0.29, 0.717) is 6.42 Å². The monoisotopic (exact) mass is 194 g/mol. The maximum absolute atomic E-state index is 10.8. The zero-order valence-corrected chi connectivity index (χ0v) is 8.43. The Bertz CT molecular complexity index is 329. The van der Waals surface area contributed by atoms with Gasteiger partial charge in [0.1, 0.15) is 0 Å². The fourth-order valence-corrected chi connectivity index (χ4v) is 1.01. The second kappa shape index (κ2) is 5.21. The Balaban J connectivity index is 2.47. The summed E-state index contributed by atoms with van der Waals surface area (Å²) in [7, 11) is 1.38. The van der Waals surface area contributed by atoms with Crippen molar-refractivity contribution in [2.75, 3.05) is 7.11 Å². The number of esters is 1. The summed E-state index contributed by atoms with van der Waals surface area (Å²) in [5.74, 6) is -0.232. The van der Waals surface area contributed by atoms with Gasteiger partial charge in [-0.15, -0.1) is 0 Å². The third-order valence-corrected chi connectivity index (χ3v) is 1.80. The molecule has 1 aromatic heterocycles. The highest BCUT2D eigenvalue weighted by Crippen LogP contribution is 2.01. The van der Waals surface area contributed by atoms with Crippen molar-refractivity contribution < 1.29 is 9.53 Å². The Labute approximate surface area is 83.2 Å². The van der Waals surface area contributed by atoms with Crippen molar-refractivity contribution in [3.05, 3.63) is 24.0 Å². The van der Waals surface area contributed by atoms with Crippen molar-refractivity contribution in [3.8, 4) is 0 Å². The second-order valence-corrected chi connectivity index (χ2v) is 2.81. The van der Waals surface area contributed by atoms with E-state index in [2.05, 4.69) is 9.84 Å². The van der Waals surface area contributed by atoms with Crippen LogP contribution in [0.1, 0.15) is 18.9 Å². The highest BCUT2D eigenvalue weighted by molar-refractivity contribution is 5.72. The first-order chi connectivity index (χ1) is 6.76. The third kappa shape index (κ3) is 3.05. The van der Waals surface area contributed by atoms with E-state index in [1.165, 1.54) is 7.11 Å². The molecule has 0 spiro atoms. The van der Waals surface area contributed by atoms with E-state index in [1.807, 2.05) is 23.9 Å². The van der Waals surface area contributed by atoms with Crippen LogP contribution in [-0.4, -0.2) is 22.9 Å². The van der Waals surface area contributed by atoms with Crippen molar-refractivity contribution in [2.24, 2.45) is 0 Å². The van der Waals surface area contributed by atoms with E-state index in [-0.39, 0.29) is 5.97 Å². The summed E-state index contributed by atoms with van der Waals surface area (Å²) in [4.78, 5) is 10.8. The molecule has 0 saturated heterocycles. The molecule has 0 aliphatic rings. The van der Waals surface area contributed by atoms with Crippen molar-refractivity contribution in [3.63, 3.8) is 0 Å². The van der Waals surface area contributed by atoms with Gasteiger partial charge in [-0.05, 0) is 6.92 Å². The Hall–Kier alpha value is -1.58. The maximum Gasteiger partial charge on any atom is 0.309 e. The van der Waals surface area contributed by atoms with Crippen molar-refractivity contribution in [1.82, 2.24) is 9.78 Å². The molecule has 0 fully saturated rings. The van der Waals surface area contributed by atoms with Crippen LogP contribution in [0.2, 0.25) is 0 Å². The number of ether oxygens (including phenoxy) is 1. The lowest BCUT2D eigenvalue weighted by Crippen LogP contribution is -1.96. The first kappa shape index (κ1) is 10.5. The Kier molecular flexibility index (Phi) is 3.91. The Morgan fingerprint density at radius 3 is 3.07 bits per heavy atom. The van der Waals surface area contributed by atoms with Crippen molar-refractivity contribution in [2.45, 2.75) is 19.9 Å². The molecule has 1 aromatic rings. The first-order valence-electron chi connectivity index (χ1n) is 4.52. The van der Waals surface area contributed by atoms with E-state index in [0.717, 1.165) is 12.1 Å². The SMILES string of the molecule is CCn1cc(C=CCC(=O)OC)cn1. The highest BCUT2D eigenvalue weighted by atomic mass is 16.5. The lowest BCUT2D eigenvalue weighted by molar-refractivity contribution is -0.139. The van der Waals surface area contributed by atoms with Gasteiger partial charge in [-0.25, -0.2) is 0 Å². The summed E-state index contributed by atoms with van der Waals surface area (Å²) in [6.07, 6.45) is 7.61. The number of methoxy groups -OCH3 is 1. The van der Waals surface area contributed by atoms with E-state index in [4.69, 9.17) is 0 Å². The topological polar surface area (TPSA) is 44.1 Å². The molecule has 1 heterocycles. The summed E-state index contributed by atoms with van der Waals surface area (Å²) in [6.45, 7) is 2.87. The lowest BCUT2D eigenvalue weighted by atomic mass is 10.3. The predicted octanol–water partition coefficient (Wildman–Crippen LogP) is 1.48. The van der Waals surface area contributed by atoms with Crippen LogP contribution in [-0.2, 0) is 16.1 Å². The van der Waals surface area contributed by atoms with E-state index >= 15 is 0 Å². The van der Waals surface area contributed by atoms with Gasteiger partial charge >= 0.3 is 5.97 Å². The molecule has 0 aliphatic carbocycles. The normalized spacial score (nSPS) is 10.7. The molecule has 0 bridgehead atoms. The number of rotatable bonds is 4. The summed E-state index contributed by atoms with van der Waals surface area (Å²) < 4.78 is 6.33. The molecule has 0 N–H and O–H groups in total.